The van der Waals surface area contributed by atoms with E-state index in [0.29, 0.717) is 0 Å². The van der Waals surface area contributed by atoms with Gasteiger partial charge in [-0.25, -0.2) is 0 Å². The standard InChI is InChI=1S/C14H16N2OS/c17-13-7-6-12(16-11-13)10-15-8-9-18-14-4-2-1-3-5-14/h1-7,11,15,17H,8-10H2. The second-order valence-electron chi connectivity index (χ2n) is 3.85. The van der Waals surface area contributed by atoms with E-state index in [1.54, 1.807) is 6.07 Å². The number of thioether (sulfide) groups is 1. The molecule has 2 rings (SSSR count). The van der Waals surface area contributed by atoms with Crippen molar-refractivity contribution >= 4 is 11.8 Å². The van der Waals surface area contributed by atoms with Crippen molar-refractivity contribution in [3.63, 3.8) is 0 Å². The molecule has 0 amide bonds. The largest absolute Gasteiger partial charge is 0.506 e. The Morgan fingerprint density at radius 2 is 1.94 bits per heavy atom. The van der Waals surface area contributed by atoms with E-state index in [2.05, 4.69) is 34.6 Å². The summed E-state index contributed by atoms with van der Waals surface area (Å²) >= 11 is 1.84. The first-order valence-electron chi connectivity index (χ1n) is 5.87. The van der Waals surface area contributed by atoms with Gasteiger partial charge in [0.15, 0.2) is 0 Å². The predicted molar refractivity (Wildman–Crippen MR) is 74.8 cm³/mol. The summed E-state index contributed by atoms with van der Waals surface area (Å²) in [5.74, 6) is 1.24. The van der Waals surface area contributed by atoms with Crippen LogP contribution in [0.3, 0.4) is 0 Å². The monoisotopic (exact) mass is 260 g/mol. The molecule has 0 radical (unpaired) electrons. The molecule has 0 aliphatic heterocycles. The fourth-order valence-electron chi connectivity index (χ4n) is 1.50. The molecule has 1 heterocycles. The van der Waals surface area contributed by atoms with E-state index in [0.717, 1.165) is 24.5 Å². The highest BCUT2D eigenvalue weighted by molar-refractivity contribution is 7.99. The molecule has 0 aliphatic carbocycles. The lowest BCUT2D eigenvalue weighted by molar-refractivity contribution is 0.472. The molecule has 0 saturated carbocycles. The van der Waals surface area contributed by atoms with Crippen LogP contribution in [0.4, 0.5) is 0 Å². The molecule has 1 aromatic heterocycles. The molecule has 0 saturated heterocycles. The van der Waals surface area contributed by atoms with Crippen molar-refractivity contribution in [3.05, 3.63) is 54.4 Å². The van der Waals surface area contributed by atoms with Crippen LogP contribution < -0.4 is 5.32 Å². The lowest BCUT2D eigenvalue weighted by Crippen LogP contribution is -2.17. The van der Waals surface area contributed by atoms with E-state index in [1.165, 1.54) is 11.1 Å². The van der Waals surface area contributed by atoms with Crippen LogP contribution in [0.1, 0.15) is 5.69 Å². The van der Waals surface area contributed by atoms with Crippen LogP contribution >= 0.6 is 11.8 Å². The van der Waals surface area contributed by atoms with Crippen molar-refractivity contribution in [1.29, 1.82) is 0 Å². The normalized spacial score (nSPS) is 10.4. The van der Waals surface area contributed by atoms with Gasteiger partial charge < -0.3 is 10.4 Å². The zero-order valence-corrected chi connectivity index (χ0v) is 10.9. The summed E-state index contributed by atoms with van der Waals surface area (Å²) in [4.78, 5) is 5.41. The van der Waals surface area contributed by atoms with Crippen LogP contribution in [-0.2, 0) is 6.54 Å². The molecule has 0 atom stereocenters. The average molecular weight is 260 g/mol. The summed E-state index contributed by atoms with van der Waals surface area (Å²) in [5.41, 5.74) is 0.942. The highest BCUT2D eigenvalue weighted by Gasteiger charge is 1.95. The highest BCUT2D eigenvalue weighted by atomic mass is 32.2. The molecule has 0 fully saturated rings. The minimum Gasteiger partial charge on any atom is -0.506 e. The molecule has 4 heteroatoms. The first-order valence-corrected chi connectivity index (χ1v) is 6.85. The van der Waals surface area contributed by atoms with Gasteiger partial charge in [0.05, 0.1) is 11.9 Å². The molecular formula is C14H16N2OS. The number of rotatable bonds is 6. The lowest BCUT2D eigenvalue weighted by Gasteiger charge is -2.04. The van der Waals surface area contributed by atoms with Crippen molar-refractivity contribution in [3.8, 4) is 5.75 Å². The Balaban J connectivity index is 1.63. The third-order valence-corrected chi connectivity index (χ3v) is 3.42. The van der Waals surface area contributed by atoms with Crippen LogP contribution in [-0.4, -0.2) is 22.4 Å². The Bertz CT molecular complexity index is 459. The predicted octanol–water partition coefficient (Wildman–Crippen LogP) is 2.67. The van der Waals surface area contributed by atoms with Crippen LogP contribution in [0.15, 0.2) is 53.6 Å². The maximum atomic E-state index is 9.11. The third kappa shape index (κ3) is 4.39. The van der Waals surface area contributed by atoms with E-state index in [1.807, 2.05) is 23.9 Å². The zero-order chi connectivity index (χ0) is 12.6. The Morgan fingerprint density at radius 3 is 2.67 bits per heavy atom. The van der Waals surface area contributed by atoms with Gasteiger partial charge in [0.2, 0.25) is 0 Å². The first kappa shape index (κ1) is 12.9. The SMILES string of the molecule is Oc1ccc(CNCCSc2ccccc2)nc1. The summed E-state index contributed by atoms with van der Waals surface area (Å²) in [5, 5.41) is 12.4. The topological polar surface area (TPSA) is 45.1 Å². The van der Waals surface area contributed by atoms with Crippen LogP contribution in [0.25, 0.3) is 0 Å². The van der Waals surface area contributed by atoms with Gasteiger partial charge in [-0.2, -0.15) is 0 Å². The summed E-state index contributed by atoms with van der Waals surface area (Å²) in [6.45, 7) is 1.66. The quantitative estimate of drug-likeness (QED) is 0.619. The Labute approximate surface area is 111 Å². The van der Waals surface area contributed by atoms with Gasteiger partial charge in [-0.3, -0.25) is 4.98 Å². The van der Waals surface area contributed by atoms with E-state index < -0.39 is 0 Å². The van der Waals surface area contributed by atoms with E-state index in [-0.39, 0.29) is 5.75 Å². The smallest absolute Gasteiger partial charge is 0.133 e. The fourth-order valence-corrected chi connectivity index (χ4v) is 2.33. The molecule has 0 unspecified atom stereocenters. The summed E-state index contributed by atoms with van der Waals surface area (Å²) in [6.07, 6.45) is 1.47. The van der Waals surface area contributed by atoms with E-state index >= 15 is 0 Å². The molecule has 3 nitrogen and oxygen atoms in total. The highest BCUT2D eigenvalue weighted by Crippen LogP contribution is 2.15. The lowest BCUT2D eigenvalue weighted by atomic mass is 10.3. The summed E-state index contributed by atoms with van der Waals surface area (Å²) in [6, 6.07) is 13.8. The Morgan fingerprint density at radius 1 is 1.11 bits per heavy atom. The van der Waals surface area contributed by atoms with Crippen molar-refractivity contribution in [2.75, 3.05) is 12.3 Å². The van der Waals surface area contributed by atoms with Crippen molar-refractivity contribution in [2.45, 2.75) is 11.4 Å². The van der Waals surface area contributed by atoms with Gasteiger partial charge >= 0.3 is 0 Å². The molecule has 94 valence electrons. The number of hydrogen-bond donors (Lipinski definition) is 2. The average Bonchev–Trinajstić information content (AvgIpc) is 2.42. The number of aromatic nitrogens is 1. The number of benzene rings is 1. The van der Waals surface area contributed by atoms with E-state index in [9.17, 15) is 0 Å². The second-order valence-corrected chi connectivity index (χ2v) is 5.01. The molecule has 2 N–H and O–H groups in total. The minimum atomic E-state index is 0.207. The van der Waals surface area contributed by atoms with E-state index in [4.69, 9.17) is 5.11 Å². The van der Waals surface area contributed by atoms with Gasteiger partial charge in [0, 0.05) is 23.7 Å². The Kier molecular flexibility index (Phi) is 5.05. The first-order chi connectivity index (χ1) is 8.84. The van der Waals surface area contributed by atoms with Crippen LogP contribution in [0.5, 0.6) is 5.75 Å². The molecule has 0 aliphatic rings. The number of pyridine rings is 1. The van der Waals surface area contributed by atoms with Crippen molar-refractivity contribution in [2.24, 2.45) is 0 Å². The maximum absolute atomic E-state index is 9.11. The molecule has 1 aromatic carbocycles. The Hall–Kier alpha value is -1.52. The van der Waals surface area contributed by atoms with Gasteiger partial charge in [0.25, 0.3) is 0 Å². The summed E-state index contributed by atoms with van der Waals surface area (Å²) in [7, 11) is 0. The molecule has 0 spiro atoms. The number of aromatic hydroxyl groups is 1. The molecule has 2 aromatic rings. The van der Waals surface area contributed by atoms with Crippen molar-refractivity contribution in [1.82, 2.24) is 10.3 Å². The number of hydrogen-bond acceptors (Lipinski definition) is 4. The fraction of sp³-hybridized carbons (Fsp3) is 0.214. The zero-order valence-electron chi connectivity index (χ0n) is 10.0. The number of nitrogens with one attached hydrogen (secondary N) is 1. The second kappa shape index (κ2) is 7.03. The molecule has 0 bridgehead atoms. The van der Waals surface area contributed by atoms with Crippen molar-refractivity contribution < 1.29 is 5.11 Å². The van der Waals surface area contributed by atoms with Gasteiger partial charge in [-0.15, -0.1) is 11.8 Å². The minimum absolute atomic E-state index is 0.207. The molecule has 18 heavy (non-hydrogen) atoms. The van der Waals surface area contributed by atoms with Gasteiger partial charge in [-0.05, 0) is 24.3 Å². The summed E-state index contributed by atoms with van der Waals surface area (Å²) < 4.78 is 0. The third-order valence-electron chi connectivity index (χ3n) is 2.41. The van der Waals surface area contributed by atoms with Gasteiger partial charge in [0.1, 0.15) is 5.75 Å². The van der Waals surface area contributed by atoms with Gasteiger partial charge in [-0.1, -0.05) is 18.2 Å². The number of nitrogens with zero attached hydrogens (tertiary/aromatic N) is 1. The van der Waals surface area contributed by atoms with Crippen LogP contribution in [0, 0.1) is 0 Å². The maximum Gasteiger partial charge on any atom is 0.133 e. The molecular weight excluding hydrogens is 244 g/mol. The van der Waals surface area contributed by atoms with Crippen LogP contribution in [0.2, 0.25) is 0 Å².